The molecule has 0 aliphatic rings. The molecule has 0 heterocycles. The van der Waals surface area contributed by atoms with E-state index in [2.05, 4.69) is 6.92 Å². The molecule has 2 heteroatoms. The molecule has 0 fully saturated rings. The summed E-state index contributed by atoms with van der Waals surface area (Å²) in [5, 5.41) is 8.78. The molecule has 0 spiro atoms. The maximum absolute atomic E-state index is 10.4. The third-order valence-corrected chi connectivity index (χ3v) is 1.75. The first kappa shape index (κ1) is 9.63. The summed E-state index contributed by atoms with van der Waals surface area (Å²) in [6.45, 7) is 3.83. The number of hydrogen-bond acceptors (Lipinski definition) is 2. The normalized spacial score (nSPS) is 16.3. The van der Waals surface area contributed by atoms with Crippen molar-refractivity contribution >= 4 is 6.29 Å². The molecule has 0 aliphatic heterocycles. The molecular formula is C8H16O2. The van der Waals surface area contributed by atoms with Crippen molar-refractivity contribution in [1.29, 1.82) is 0 Å². The Balaban J connectivity index is 3.68. The fraction of sp³-hybridized carbons (Fsp3) is 0.875. The molecule has 0 bridgehead atoms. The van der Waals surface area contributed by atoms with E-state index in [-0.39, 0.29) is 6.61 Å². The number of unbranched alkanes of at least 4 members (excludes halogenated alkanes) is 1. The van der Waals surface area contributed by atoms with E-state index in [1.54, 1.807) is 6.92 Å². The third-order valence-electron chi connectivity index (χ3n) is 1.75. The highest BCUT2D eigenvalue weighted by Crippen LogP contribution is 2.19. The van der Waals surface area contributed by atoms with Crippen molar-refractivity contribution in [3.8, 4) is 0 Å². The van der Waals surface area contributed by atoms with Gasteiger partial charge in [-0.3, -0.25) is 0 Å². The first-order chi connectivity index (χ1) is 4.68. The second-order valence-corrected chi connectivity index (χ2v) is 3.03. The van der Waals surface area contributed by atoms with Gasteiger partial charge < -0.3 is 9.90 Å². The van der Waals surface area contributed by atoms with Gasteiger partial charge in [-0.25, -0.2) is 0 Å². The van der Waals surface area contributed by atoms with Crippen molar-refractivity contribution in [1.82, 2.24) is 0 Å². The number of rotatable bonds is 5. The fourth-order valence-electron chi connectivity index (χ4n) is 0.756. The van der Waals surface area contributed by atoms with E-state index in [0.717, 1.165) is 25.5 Å². The Hall–Kier alpha value is -0.370. The van der Waals surface area contributed by atoms with Gasteiger partial charge in [-0.2, -0.15) is 0 Å². The van der Waals surface area contributed by atoms with Gasteiger partial charge in [0.15, 0.2) is 0 Å². The van der Waals surface area contributed by atoms with Crippen molar-refractivity contribution in [2.75, 3.05) is 6.61 Å². The minimum atomic E-state index is -0.490. The van der Waals surface area contributed by atoms with Crippen LogP contribution >= 0.6 is 0 Å². The molecule has 0 saturated carbocycles. The zero-order valence-corrected chi connectivity index (χ0v) is 6.76. The van der Waals surface area contributed by atoms with Crippen molar-refractivity contribution in [3.63, 3.8) is 0 Å². The van der Waals surface area contributed by atoms with Gasteiger partial charge in [0.25, 0.3) is 0 Å². The molecule has 0 rings (SSSR count). The third kappa shape index (κ3) is 2.97. The summed E-state index contributed by atoms with van der Waals surface area (Å²) in [5.74, 6) is 0. The fourth-order valence-corrected chi connectivity index (χ4v) is 0.756. The molecule has 10 heavy (non-hydrogen) atoms. The van der Waals surface area contributed by atoms with Crippen LogP contribution in [-0.4, -0.2) is 18.0 Å². The van der Waals surface area contributed by atoms with E-state index in [1.807, 2.05) is 0 Å². The minimum absolute atomic E-state index is 0.0312. The number of aldehydes is 1. The first-order valence-corrected chi connectivity index (χ1v) is 3.75. The topological polar surface area (TPSA) is 37.3 Å². The molecule has 0 saturated heterocycles. The molecule has 1 unspecified atom stereocenters. The quantitative estimate of drug-likeness (QED) is 0.592. The van der Waals surface area contributed by atoms with Crippen molar-refractivity contribution in [3.05, 3.63) is 0 Å². The monoisotopic (exact) mass is 144 g/mol. The largest absolute Gasteiger partial charge is 0.395 e. The van der Waals surface area contributed by atoms with E-state index in [4.69, 9.17) is 5.11 Å². The van der Waals surface area contributed by atoms with Crippen LogP contribution in [0.15, 0.2) is 0 Å². The molecule has 0 radical (unpaired) electrons. The molecule has 1 N–H and O–H groups in total. The maximum atomic E-state index is 10.4. The summed E-state index contributed by atoms with van der Waals surface area (Å²) in [6, 6.07) is 0. The molecule has 2 nitrogen and oxygen atoms in total. The Bertz CT molecular complexity index is 101. The molecule has 0 aliphatic carbocycles. The highest BCUT2D eigenvalue weighted by molar-refractivity contribution is 5.58. The second-order valence-electron chi connectivity index (χ2n) is 3.03. The SMILES string of the molecule is CCCCC(C)(C=O)CO. The van der Waals surface area contributed by atoms with Crippen LogP contribution in [0.5, 0.6) is 0 Å². The predicted octanol–water partition coefficient (Wildman–Crippen LogP) is 1.37. The Kier molecular flexibility index (Phi) is 4.28. The average molecular weight is 144 g/mol. The summed E-state index contributed by atoms with van der Waals surface area (Å²) in [7, 11) is 0. The highest BCUT2D eigenvalue weighted by atomic mass is 16.3. The van der Waals surface area contributed by atoms with Gasteiger partial charge in [-0.05, 0) is 6.42 Å². The van der Waals surface area contributed by atoms with E-state index < -0.39 is 5.41 Å². The molecule has 0 aromatic carbocycles. The van der Waals surface area contributed by atoms with Gasteiger partial charge in [-0.1, -0.05) is 26.7 Å². The first-order valence-electron chi connectivity index (χ1n) is 3.75. The zero-order valence-electron chi connectivity index (χ0n) is 6.76. The Morgan fingerprint density at radius 2 is 2.20 bits per heavy atom. The Morgan fingerprint density at radius 3 is 2.50 bits per heavy atom. The van der Waals surface area contributed by atoms with Gasteiger partial charge in [-0.15, -0.1) is 0 Å². The lowest BCUT2D eigenvalue weighted by molar-refractivity contribution is -0.117. The number of carbonyl (C=O) groups is 1. The molecular weight excluding hydrogens is 128 g/mol. The lowest BCUT2D eigenvalue weighted by Gasteiger charge is -2.18. The van der Waals surface area contributed by atoms with Gasteiger partial charge in [0.2, 0.25) is 0 Å². The number of hydrogen-bond donors (Lipinski definition) is 1. The molecule has 0 amide bonds. The molecule has 0 aromatic rings. The lowest BCUT2D eigenvalue weighted by Crippen LogP contribution is -2.22. The summed E-state index contributed by atoms with van der Waals surface area (Å²) < 4.78 is 0. The number of aliphatic hydroxyl groups excluding tert-OH is 1. The van der Waals surface area contributed by atoms with Gasteiger partial charge in [0.1, 0.15) is 6.29 Å². The smallest absolute Gasteiger partial charge is 0.128 e. The van der Waals surface area contributed by atoms with Gasteiger partial charge >= 0.3 is 0 Å². The molecule has 60 valence electrons. The maximum Gasteiger partial charge on any atom is 0.128 e. The van der Waals surface area contributed by atoms with E-state index in [9.17, 15) is 4.79 Å². The van der Waals surface area contributed by atoms with Crippen LogP contribution < -0.4 is 0 Å². The van der Waals surface area contributed by atoms with Crippen LogP contribution in [0.4, 0.5) is 0 Å². The Labute approximate surface area is 62.2 Å². The van der Waals surface area contributed by atoms with Crippen LogP contribution in [0, 0.1) is 5.41 Å². The highest BCUT2D eigenvalue weighted by Gasteiger charge is 2.20. The van der Waals surface area contributed by atoms with Crippen molar-refractivity contribution < 1.29 is 9.90 Å². The van der Waals surface area contributed by atoms with Crippen LogP contribution in [0.25, 0.3) is 0 Å². The van der Waals surface area contributed by atoms with E-state index in [0.29, 0.717) is 0 Å². The summed E-state index contributed by atoms with van der Waals surface area (Å²) in [4.78, 5) is 10.4. The predicted molar refractivity (Wildman–Crippen MR) is 40.8 cm³/mol. The lowest BCUT2D eigenvalue weighted by atomic mass is 9.88. The minimum Gasteiger partial charge on any atom is -0.395 e. The van der Waals surface area contributed by atoms with Crippen molar-refractivity contribution in [2.24, 2.45) is 5.41 Å². The van der Waals surface area contributed by atoms with Crippen molar-refractivity contribution in [2.45, 2.75) is 33.1 Å². The number of carbonyl (C=O) groups excluding carboxylic acids is 1. The zero-order chi connectivity index (χ0) is 8.04. The summed E-state index contributed by atoms with van der Waals surface area (Å²) >= 11 is 0. The van der Waals surface area contributed by atoms with E-state index >= 15 is 0 Å². The molecule has 0 aromatic heterocycles. The van der Waals surface area contributed by atoms with Crippen LogP contribution in [-0.2, 0) is 4.79 Å². The van der Waals surface area contributed by atoms with Gasteiger partial charge in [0.05, 0.1) is 6.61 Å². The number of aliphatic hydroxyl groups is 1. The van der Waals surface area contributed by atoms with Crippen LogP contribution in [0.3, 0.4) is 0 Å². The van der Waals surface area contributed by atoms with E-state index in [1.165, 1.54) is 0 Å². The molecule has 1 atom stereocenters. The second kappa shape index (κ2) is 4.45. The summed E-state index contributed by atoms with van der Waals surface area (Å²) in [5.41, 5.74) is -0.490. The summed E-state index contributed by atoms with van der Waals surface area (Å²) in [6.07, 6.45) is 3.73. The van der Waals surface area contributed by atoms with Gasteiger partial charge in [0, 0.05) is 5.41 Å². The standard InChI is InChI=1S/C8H16O2/c1-3-4-5-8(2,6-9)7-10/h6,10H,3-5,7H2,1-2H3. The average Bonchev–Trinajstić information content (AvgIpc) is 2.00. The van der Waals surface area contributed by atoms with Crippen LogP contribution in [0.2, 0.25) is 0 Å². The Morgan fingerprint density at radius 1 is 1.60 bits per heavy atom. The van der Waals surface area contributed by atoms with Crippen LogP contribution in [0.1, 0.15) is 33.1 Å².